The molecule has 0 aliphatic carbocycles. The molecule has 4 heteroatoms. The number of aromatic nitrogens is 2. The summed E-state index contributed by atoms with van der Waals surface area (Å²) in [4.78, 5) is 21.5. The predicted molar refractivity (Wildman–Crippen MR) is 105 cm³/mol. The van der Waals surface area contributed by atoms with E-state index in [0.717, 1.165) is 16.6 Å². The summed E-state index contributed by atoms with van der Waals surface area (Å²) in [5.74, 6) is -0.114. The Morgan fingerprint density at radius 3 is 2.35 bits per heavy atom. The molecular formula is C22H25N3O. The van der Waals surface area contributed by atoms with Gasteiger partial charge in [-0.3, -0.25) is 4.79 Å². The second-order valence-electron chi connectivity index (χ2n) is 7.75. The van der Waals surface area contributed by atoms with Gasteiger partial charge in [-0.1, -0.05) is 45.0 Å². The first kappa shape index (κ1) is 18.1. The van der Waals surface area contributed by atoms with Crippen LogP contribution in [0.1, 0.15) is 53.6 Å². The first-order valence-electron chi connectivity index (χ1n) is 8.87. The number of fused-ring (bicyclic) bond motifs is 1. The SMILES string of the molecule is Cc1ccc2cc(C(=O)NCc3ccc(C(C)(C)C)cc3)c(C)nc2n1. The maximum atomic E-state index is 12.6. The maximum absolute atomic E-state index is 12.6. The summed E-state index contributed by atoms with van der Waals surface area (Å²) < 4.78 is 0. The molecule has 1 aromatic carbocycles. The maximum Gasteiger partial charge on any atom is 0.253 e. The van der Waals surface area contributed by atoms with E-state index >= 15 is 0 Å². The molecule has 26 heavy (non-hydrogen) atoms. The smallest absolute Gasteiger partial charge is 0.253 e. The first-order valence-corrected chi connectivity index (χ1v) is 8.87. The first-order chi connectivity index (χ1) is 12.2. The van der Waals surface area contributed by atoms with Crippen LogP contribution in [0.25, 0.3) is 11.0 Å². The molecule has 0 saturated heterocycles. The minimum absolute atomic E-state index is 0.114. The van der Waals surface area contributed by atoms with E-state index < -0.39 is 0 Å². The van der Waals surface area contributed by atoms with E-state index in [1.807, 2.05) is 32.0 Å². The molecule has 0 radical (unpaired) electrons. The minimum Gasteiger partial charge on any atom is -0.348 e. The van der Waals surface area contributed by atoms with Gasteiger partial charge in [-0.15, -0.1) is 0 Å². The van der Waals surface area contributed by atoms with Crippen molar-refractivity contribution in [1.82, 2.24) is 15.3 Å². The number of benzene rings is 1. The molecule has 1 N–H and O–H groups in total. The zero-order valence-corrected chi connectivity index (χ0v) is 16.1. The van der Waals surface area contributed by atoms with Crippen LogP contribution in [0.2, 0.25) is 0 Å². The topological polar surface area (TPSA) is 54.9 Å². The lowest BCUT2D eigenvalue weighted by Crippen LogP contribution is -2.24. The van der Waals surface area contributed by atoms with Crippen molar-refractivity contribution in [3.05, 3.63) is 70.5 Å². The molecule has 0 atom stereocenters. The third kappa shape index (κ3) is 3.90. The molecule has 134 valence electrons. The van der Waals surface area contributed by atoms with Crippen molar-refractivity contribution in [2.75, 3.05) is 0 Å². The van der Waals surface area contributed by atoms with Gasteiger partial charge < -0.3 is 5.32 Å². The highest BCUT2D eigenvalue weighted by Crippen LogP contribution is 2.22. The summed E-state index contributed by atoms with van der Waals surface area (Å²) in [6, 6.07) is 14.1. The Bertz CT molecular complexity index is 954. The standard InChI is InChI=1S/C22H25N3O/c1-14-6-9-17-12-19(15(2)25-20(17)24-14)21(26)23-13-16-7-10-18(11-8-16)22(3,4)5/h6-12H,13H2,1-5H3,(H,23,26). The molecule has 4 nitrogen and oxygen atoms in total. The highest BCUT2D eigenvalue weighted by Gasteiger charge is 2.14. The fraction of sp³-hybridized carbons (Fsp3) is 0.318. The summed E-state index contributed by atoms with van der Waals surface area (Å²) in [6.45, 7) is 10.8. The average Bonchev–Trinajstić information content (AvgIpc) is 2.58. The molecule has 3 aromatic rings. The Hall–Kier alpha value is -2.75. The van der Waals surface area contributed by atoms with Crippen molar-refractivity contribution in [2.45, 2.75) is 46.6 Å². The molecule has 2 aromatic heterocycles. The number of nitrogens with zero attached hydrogens (tertiary/aromatic N) is 2. The van der Waals surface area contributed by atoms with Gasteiger partial charge in [0.1, 0.15) is 0 Å². The lowest BCUT2D eigenvalue weighted by Gasteiger charge is -2.19. The van der Waals surface area contributed by atoms with Gasteiger partial charge >= 0.3 is 0 Å². The number of hydrogen-bond donors (Lipinski definition) is 1. The van der Waals surface area contributed by atoms with Crippen molar-refractivity contribution in [1.29, 1.82) is 0 Å². The van der Waals surface area contributed by atoms with Crippen LogP contribution in [-0.2, 0) is 12.0 Å². The van der Waals surface area contributed by atoms with Crippen molar-refractivity contribution < 1.29 is 4.79 Å². The summed E-state index contributed by atoms with van der Waals surface area (Å²) in [5, 5.41) is 3.87. The molecule has 3 rings (SSSR count). The van der Waals surface area contributed by atoms with Crippen LogP contribution in [0, 0.1) is 13.8 Å². The van der Waals surface area contributed by atoms with Gasteiger partial charge in [0.2, 0.25) is 0 Å². The van der Waals surface area contributed by atoms with Crippen LogP contribution in [0.3, 0.4) is 0 Å². The normalized spacial score (nSPS) is 11.6. The van der Waals surface area contributed by atoms with Crippen LogP contribution >= 0.6 is 0 Å². The van der Waals surface area contributed by atoms with E-state index in [1.54, 1.807) is 0 Å². The zero-order chi connectivity index (χ0) is 18.9. The Labute approximate surface area is 154 Å². The fourth-order valence-electron chi connectivity index (χ4n) is 2.87. The number of hydrogen-bond acceptors (Lipinski definition) is 3. The van der Waals surface area contributed by atoms with Gasteiger partial charge in [-0.2, -0.15) is 0 Å². The van der Waals surface area contributed by atoms with Gasteiger partial charge in [-0.25, -0.2) is 9.97 Å². The number of aryl methyl sites for hydroxylation is 2. The molecule has 0 aliphatic rings. The lowest BCUT2D eigenvalue weighted by atomic mass is 9.87. The molecule has 1 amide bonds. The monoisotopic (exact) mass is 347 g/mol. The van der Waals surface area contributed by atoms with E-state index in [9.17, 15) is 4.79 Å². The third-order valence-electron chi connectivity index (χ3n) is 4.53. The number of nitrogens with one attached hydrogen (secondary N) is 1. The third-order valence-corrected chi connectivity index (χ3v) is 4.53. The molecule has 0 fully saturated rings. The van der Waals surface area contributed by atoms with E-state index in [4.69, 9.17) is 0 Å². The second-order valence-corrected chi connectivity index (χ2v) is 7.75. The highest BCUT2D eigenvalue weighted by molar-refractivity contribution is 5.98. The van der Waals surface area contributed by atoms with E-state index in [0.29, 0.717) is 23.4 Å². The molecular weight excluding hydrogens is 322 g/mol. The van der Waals surface area contributed by atoms with Gasteiger partial charge in [-0.05, 0) is 48.6 Å². The van der Waals surface area contributed by atoms with Gasteiger partial charge in [0, 0.05) is 17.6 Å². The summed E-state index contributed by atoms with van der Waals surface area (Å²) in [7, 11) is 0. The fourth-order valence-corrected chi connectivity index (χ4v) is 2.87. The number of rotatable bonds is 3. The van der Waals surface area contributed by atoms with Crippen molar-refractivity contribution in [2.24, 2.45) is 0 Å². The van der Waals surface area contributed by atoms with Crippen LogP contribution < -0.4 is 5.32 Å². The largest absolute Gasteiger partial charge is 0.348 e. The van der Waals surface area contributed by atoms with Crippen molar-refractivity contribution in [3.63, 3.8) is 0 Å². The van der Waals surface area contributed by atoms with Gasteiger partial charge in [0.15, 0.2) is 5.65 Å². The number of carbonyl (C=O) groups excluding carboxylic acids is 1. The average molecular weight is 347 g/mol. The van der Waals surface area contributed by atoms with Crippen LogP contribution in [-0.4, -0.2) is 15.9 Å². The minimum atomic E-state index is -0.114. The van der Waals surface area contributed by atoms with Crippen LogP contribution in [0.15, 0.2) is 42.5 Å². The van der Waals surface area contributed by atoms with Gasteiger partial charge in [0.05, 0.1) is 11.3 Å². The van der Waals surface area contributed by atoms with E-state index in [1.165, 1.54) is 5.56 Å². The second kappa shape index (κ2) is 6.87. The zero-order valence-electron chi connectivity index (χ0n) is 16.1. The van der Waals surface area contributed by atoms with Crippen LogP contribution in [0.5, 0.6) is 0 Å². The summed E-state index contributed by atoms with van der Waals surface area (Å²) in [5.41, 5.74) is 5.37. The van der Waals surface area contributed by atoms with E-state index in [2.05, 4.69) is 60.3 Å². The molecule has 0 bridgehead atoms. The Morgan fingerprint density at radius 2 is 1.69 bits per heavy atom. The van der Waals surface area contributed by atoms with Crippen LogP contribution in [0.4, 0.5) is 0 Å². The molecule has 0 saturated carbocycles. The van der Waals surface area contributed by atoms with Crippen molar-refractivity contribution in [3.8, 4) is 0 Å². The number of pyridine rings is 2. The molecule has 2 heterocycles. The molecule has 0 spiro atoms. The summed E-state index contributed by atoms with van der Waals surface area (Å²) in [6.07, 6.45) is 0. The molecule has 0 unspecified atom stereocenters. The van der Waals surface area contributed by atoms with E-state index in [-0.39, 0.29) is 11.3 Å². The number of amides is 1. The molecule has 0 aliphatic heterocycles. The highest BCUT2D eigenvalue weighted by atomic mass is 16.1. The summed E-state index contributed by atoms with van der Waals surface area (Å²) >= 11 is 0. The van der Waals surface area contributed by atoms with Gasteiger partial charge in [0.25, 0.3) is 5.91 Å². The van der Waals surface area contributed by atoms with Crippen molar-refractivity contribution >= 4 is 16.9 Å². The lowest BCUT2D eigenvalue weighted by molar-refractivity contribution is 0.0950. The Morgan fingerprint density at radius 1 is 1.00 bits per heavy atom. The Kier molecular flexibility index (Phi) is 4.77. The number of carbonyl (C=O) groups is 1. The predicted octanol–water partition coefficient (Wildman–Crippen LogP) is 4.47. The quantitative estimate of drug-likeness (QED) is 0.760. The Balaban J connectivity index is 1.75.